The van der Waals surface area contributed by atoms with Crippen molar-refractivity contribution in [3.8, 4) is 0 Å². The maximum atomic E-state index is 11.8. The highest BCUT2D eigenvalue weighted by atomic mass is 79.9. The van der Waals surface area contributed by atoms with Crippen LogP contribution < -0.4 is 11.4 Å². The molecule has 5 nitrogen and oxygen atoms in total. The fraction of sp³-hybridized carbons (Fsp3) is 0.333. The fourth-order valence-corrected chi connectivity index (χ4v) is 2.57. The molecule has 1 heterocycles. The maximum absolute atomic E-state index is 11.8. The van der Waals surface area contributed by atoms with Gasteiger partial charge in [0, 0.05) is 10.4 Å². The van der Waals surface area contributed by atoms with Gasteiger partial charge < -0.3 is 9.15 Å². The van der Waals surface area contributed by atoms with Crippen molar-refractivity contribution in [3.05, 3.63) is 43.1 Å². The average Bonchev–Trinajstić information content (AvgIpc) is 2.36. The van der Waals surface area contributed by atoms with Crippen molar-refractivity contribution in [2.24, 2.45) is 0 Å². The van der Waals surface area contributed by atoms with Gasteiger partial charge in [0.05, 0.1) is 30.3 Å². The second-order valence-corrected chi connectivity index (χ2v) is 5.53. The van der Waals surface area contributed by atoms with Gasteiger partial charge in [-0.25, -0.2) is 9.59 Å². The third kappa shape index (κ3) is 3.25. The Kier molecular flexibility index (Phi) is 5.26. The predicted octanol–water partition coefficient (Wildman–Crippen LogP) is 2.67. The quantitative estimate of drug-likeness (QED) is 0.589. The molecule has 0 fully saturated rings. The van der Waals surface area contributed by atoms with Crippen LogP contribution in [-0.2, 0) is 11.3 Å². The molecule has 20 heavy (non-hydrogen) atoms. The van der Waals surface area contributed by atoms with Crippen LogP contribution in [0.3, 0.4) is 0 Å². The molecular weight excluding hydrogens is 373 g/mol. The first kappa shape index (κ1) is 15.6. The first-order valence-electron chi connectivity index (χ1n) is 5.71. The fourth-order valence-electron chi connectivity index (χ4n) is 1.78. The van der Waals surface area contributed by atoms with Crippen molar-refractivity contribution in [1.29, 1.82) is 0 Å². The lowest BCUT2D eigenvalue weighted by Gasteiger charge is -2.09. The molecule has 0 aliphatic rings. The number of alkyl halides is 1. The van der Waals surface area contributed by atoms with E-state index in [9.17, 15) is 9.59 Å². The molecule has 0 saturated heterocycles. The Bertz CT molecular complexity index is 741. The lowest BCUT2D eigenvalue weighted by Crippen LogP contribution is -2.27. The van der Waals surface area contributed by atoms with E-state index < -0.39 is 11.4 Å². The number of aromatic nitrogens is 1. The SMILES string of the molecule is O=c1oc(=O)n(CCOCCBr)c2cc(Cl)cc(Cl)c12. The summed E-state index contributed by atoms with van der Waals surface area (Å²) >= 11 is 15.1. The third-order valence-corrected chi connectivity index (χ3v) is 3.45. The Hall–Kier alpha value is -0.820. The molecule has 0 atom stereocenters. The number of hydrogen-bond acceptors (Lipinski definition) is 4. The van der Waals surface area contributed by atoms with Crippen molar-refractivity contribution in [1.82, 2.24) is 4.57 Å². The van der Waals surface area contributed by atoms with Gasteiger partial charge in [-0.15, -0.1) is 0 Å². The average molecular weight is 383 g/mol. The topological polar surface area (TPSA) is 61.4 Å². The van der Waals surface area contributed by atoms with Crippen LogP contribution in [0.25, 0.3) is 10.9 Å². The van der Waals surface area contributed by atoms with Gasteiger partial charge in [0.15, 0.2) is 0 Å². The first-order valence-corrected chi connectivity index (χ1v) is 7.58. The highest BCUT2D eigenvalue weighted by Gasteiger charge is 2.13. The second-order valence-electron chi connectivity index (χ2n) is 3.89. The Morgan fingerprint density at radius 3 is 2.70 bits per heavy atom. The molecule has 108 valence electrons. The molecule has 0 N–H and O–H groups in total. The number of benzene rings is 1. The molecule has 0 bridgehead atoms. The summed E-state index contributed by atoms with van der Waals surface area (Å²) in [5.74, 6) is -0.761. The standard InChI is InChI=1S/C12H10BrCl2NO4/c13-1-3-19-4-2-16-9-6-7(14)5-8(15)10(9)11(17)20-12(16)18/h5-6H,1-4H2. The highest BCUT2D eigenvalue weighted by molar-refractivity contribution is 9.09. The van der Waals surface area contributed by atoms with E-state index in [1.54, 1.807) is 0 Å². The van der Waals surface area contributed by atoms with Crippen LogP contribution in [0.4, 0.5) is 0 Å². The van der Waals surface area contributed by atoms with E-state index in [4.69, 9.17) is 27.9 Å². The van der Waals surface area contributed by atoms with Crippen LogP contribution in [0, 0.1) is 0 Å². The van der Waals surface area contributed by atoms with E-state index in [-0.39, 0.29) is 17.0 Å². The largest absolute Gasteiger partial charge is 0.422 e. The molecule has 1 aromatic carbocycles. The van der Waals surface area contributed by atoms with Gasteiger partial charge in [-0.1, -0.05) is 39.1 Å². The molecule has 1 aromatic heterocycles. The monoisotopic (exact) mass is 381 g/mol. The molecule has 0 saturated carbocycles. The smallest absolute Gasteiger partial charge is 0.379 e. The third-order valence-electron chi connectivity index (χ3n) is 2.61. The summed E-state index contributed by atoms with van der Waals surface area (Å²) in [4.78, 5) is 23.5. The summed E-state index contributed by atoms with van der Waals surface area (Å²) in [6.07, 6.45) is 0. The minimum atomic E-state index is -0.774. The maximum Gasteiger partial charge on any atom is 0.422 e. The van der Waals surface area contributed by atoms with Crippen molar-refractivity contribution in [2.75, 3.05) is 18.5 Å². The van der Waals surface area contributed by atoms with E-state index in [0.29, 0.717) is 29.1 Å². The van der Waals surface area contributed by atoms with Gasteiger partial charge >= 0.3 is 11.4 Å². The summed E-state index contributed by atoms with van der Waals surface area (Å²) in [6, 6.07) is 2.93. The van der Waals surface area contributed by atoms with E-state index in [1.807, 2.05) is 0 Å². The normalized spacial score (nSPS) is 11.2. The first-order chi connectivity index (χ1) is 9.54. The Morgan fingerprint density at radius 1 is 1.25 bits per heavy atom. The lowest BCUT2D eigenvalue weighted by molar-refractivity contribution is 0.140. The van der Waals surface area contributed by atoms with E-state index >= 15 is 0 Å². The predicted molar refractivity (Wildman–Crippen MR) is 81.4 cm³/mol. The molecule has 0 amide bonds. The number of ether oxygens (including phenoxy) is 1. The number of nitrogens with zero attached hydrogens (tertiary/aromatic N) is 1. The van der Waals surface area contributed by atoms with Crippen molar-refractivity contribution in [3.63, 3.8) is 0 Å². The molecule has 2 aromatic rings. The summed E-state index contributed by atoms with van der Waals surface area (Å²) in [6.45, 7) is 1.06. The van der Waals surface area contributed by atoms with E-state index in [2.05, 4.69) is 20.3 Å². The van der Waals surface area contributed by atoms with Gasteiger partial charge in [0.25, 0.3) is 0 Å². The minimum absolute atomic E-state index is 0.135. The van der Waals surface area contributed by atoms with Gasteiger partial charge in [0.1, 0.15) is 5.39 Å². The summed E-state index contributed by atoms with van der Waals surface area (Å²) in [5, 5.41) is 1.32. The second kappa shape index (κ2) is 6.76. The van der Waals surface area contributed by atoms with E-state index in [0.717, 1.165) is 0 Å². The highest BCUT2D eigenvalue weighted by Crippen LogP contribution is 2.24. The zero-order valence-electron chi connectivity index (χ0n) is 10.2. The van der Waals surface area contributed by atoms with Gasteiger partial charge in [-0.05, 0) is 12.1 Å². The Labute approximate surface area is 132 Å². The zero-order chi connectivity index (χ0) is 14.7. The molecule has 0 radical (unpaired) electrons. The minimum Gasteiger partial charge on any atom is -0.379 e. The molecule has 0 aliphatic heterocycles. The Balaban J connectivity index is 2.53. The molecule has 0 spiro atoms. The van der Waals surface area contributed by atoms with Crippen molar-refractivity contribution >= 4 is 50.0 Å². The van der Waals surface area contributed by atoms with Gasteiger partial charge in [0.2, 0.25) is 0 Å². The molecule has 2 rings (SSSR count). The van der Waals surface area contributed by atoms with Crippen LogP contribution in [0.5, 0.6) is 0 Å². The Morgan fingerprint density at radius 2 is 2.00 bits per heavy atom. The number of rotatable bonds is 5. The summed E-state index contributed by atoms with van der Waals surface area (Å²) < 4.78 is 11.2. The molecule has 8 heteroatoms. The van der Waals surface area contributed by atoms with Crippen LogP contribution in [-0.4, -0.2) is 23.1 Å². The van der Waals surface area contributed by atoms with E-state index in [1.165, 1.54) is 16.7 Å². The molecule has 0 unspecified atom stereocenters. The number of fused-ring (bicyclic) bond motifs is 1. The zero-order valence-corrected chi connectivity index (χ0v) is 13.3. The number of halogens is 3. The van der Waals surface area contributed by atoms with Gasteiger partial charge in [-0.2, -0.15) is 0 Å². The van der Waals surface area contributed by atoms with Crippen LogP contribution in [0.15, 0.2) is 26.1 Å². The van der Waals surface area contributed by atoms with Crippen molar-refractivity contribution in [2.45, 2.75) is 6.54 Å². The number of hydrogen-bond donors (Lipinski definition) is 0. The van der Waals surface area contributed by atoms with Crippen molar-refractivity contribution < 1.29 is 9.15 Å². The van der Waals surface area contributed by atoms with Crippen LogP contribution in [0.2, 0.25) is 10.0 Å². The summed E-state index contributed by atoms with van der Waals surface area (Å²) in [5.41, 5.74) is -0.435. The van der Waals surface area contributed by atoms with Crippen LogP contribution in [0.1, 0.15) is 0 Å². The molecule has 0 aliphatic carbocycles. The van der Waals surface area contributed by atoms with Crippen LogP contribution >= 0.6 is 39.1 Å². The molecular formula is C12H10BrCl2NO4. The lowest BCUT2D eigenvalue weighted by atomic mass is 10.2. The van der Waals surface area contributed by atoms with Gasteiger partial charge in [-0.3, -0.25) is 4.57 Å². The summed E-state index contributed by atoms with van der Waals surface area (Å²) in [7, 11) is 0.